The minimum Gasteiger partial charge on any atom is -0.393 e. The summed E-state index contributed by atoms with van der Waals surface area (Å²) in [4.78, 5) is -0.395. The average Bonchev–Trinajstić information content (AvgIpc) is 3.16. The van der Waals surface area contributed by atoms with Crippen molar-refractivity contribution in [1.29, 1.82) is 0 Å². The minimum absolute atomic E-state index is 0.219. The summed E-state index contributed by atoms with van der Waals surface area (Å²) < 4.78 is 55.5. The van der Waals surface area contributed by atoms with Crippen molar-refractivity contribution in [2.45, 2.75) is 94.3 Å². The van der Waals surface area contributed by atoms with Gasteiger partial charge in [-0.15, -0.1) is 0 Å². The summed E-state index contributed by atoms with van der Waals surface area (Å²) >= 11 is 0. The first-order valence-electron chi connectivity index (χ1n) is 13.1. The average molecular weight is 493 g/mol. The van der Waals surface area contributed by atoms with Crippen LogP contribution in [-0.4, -0.2) is 24.9 Å². The van der Waals surface area contributed by atoms with E-state index in [-0.39, 0.29) is 16.7 Å². The van der Waals surface area contributed by atoms with Crippen molar-refractivity contribution >= 4 is 9.84 Å². The number of hydrogen-bond acceptors (Lipinski definition) is 3. The molecule has 34 heavy (non-hydrogen) atoms. The third-order valence-electron chi connectivity index (χ3n) is 10.4. The molecule has 6 heteroatoms. The summed E-state index contributed by atoms with van der Waals surface area (Å²) in [5.74, 6) is 1.29. The summed E-state index contributed by atoms with van der Waals surface area (Å²) in [6.45, 7) is 4.63. The minimum atomic E-state index is -4.85. The molecule has 1 unspecified atom stereocenters. The molecule has 188 valence electrons. The normalized spacial score (nSPS) is 38.9. The van der Waals surface area contributed by atoms with Gasteiger partial charge in [-0.1, -0.05) is 50.1 Å². The summed E-state index contributed by atoms with van der Waals surface area (Å²) in [5.41, 5.74) is 1.70. The van der Waals surface area contributed by atoms with Gasteiger partial charge in [0.2, 0.25) is 9.84 Å². The van der Waals surface area contributed by atoms with Crippen LogP contribution in [0.15, 0.2) is 46.9 Å². The van der Waals surface area contributed by atoms with Gasteiger partial charge in [0.05, 0.1) is 17.4 Å². The van der Waals surface area contributed by atoms with E-state index in [0.29, 0.717) is 24.2 Å². The van der Waals surface area contributed by atoms with Gasteiger partial charge in [0, 0.05) is 0 Å². The maximum Gasteiger partial charge on any atom is 0.352 e. The van der Waals surface area contributed by atoms with Gasteiger partial charge in [0.1, 0.15) is 0 Å². The van der Waals surface area contributed by atoms with Crippen molar-refractivity contribution in [3.8, 4) is 0 Å². The highest BCUT2D eigenvalue weighted by Crippen LogP contribution is 2.67. The number of halogens is 2. The van der Waals surface area contributed by atoms with Crippen molar-refractivity contribution in [1.82, 2.24) is 0 Å². The molecule has 0 amide bonds. The van der Waals surface area contributed by atoms with Crippen LogP contribution in [-0.2, 0) is 9.84 Å². The standard InChI is InChI=1S/C28H38F2O3S/c1-26-16-7-6-8-19(26)11-12-21-22-13-14-24(27(22,2)17-15-23(21)26)25(31)18-28(29,30)34(32,33)20-9-4-3-5-10-20/h3-5,9-11,21-25,31H,6-8,12-18H2,1-2H3/t21-,22-,23-,24+,25?,26-,27-/m0/s1. The molecule has 5 rings (SSSR count). The van der Waals surface area contributed by atoms with E-state index in [4.69, 9.17) is 0 Å². The van der Waals surface area contributed by atoms with Crippen molar-refractivity contribution in [3.05, 3.63) is 42.0 Å². The number of alkyl halides is 2. The fourth-order valence-electron chi connectivity index (χ4n) is 8.64. The van der Waals surface area contributed by atoms with E-state index < -0.39 is 32.5 Å². The van der Waals surface area contributed by atoms with Crippen LogP contribution >= 0.6 is 0 Å². The van der Waals surface area contributed by atoms with E-state index in [1.807, 2.05) is 0 Å². The van der Waals surface area contributed by atoms with Crippen LogP contribution in [0, 0.1) is 34.5 Å². The van der Waals surface area contributed by atoms with Crippen LogP contribution < -0.4 is 0 Å². The van der Waals surface area contributed by atoms with Crippen LogP contribution in [0.4, 0.5) is 8.78 Å². The van der Waals surface area contributed by atoms with Gasteiger partial charge in [-0.25, -0.2) is 8.42 Å². The number of aliphatic hydroxyl groups excluding tert-OH is 1. The van der Waals surface area contributed by atoms with Crippen molar-refractivity contribution < 1.29 is 22.3 Å². The molecule has 0 saturated heterocycles. The Balaban J connectivity index is 1.36. The van der Waals surface area contributed by atoms with E-state index in [1.165, 1.54) is 49.9 Å². The highest BCUT2D eigenvalue weighted by Gasteiger charge is 2.60. The lowest BCUT2D eigenvalue weighted by atomic mass is 9.47. The van der Waals surface area contributed by atoms with E-state index in [1.54, 1.807) is 11.6 Å². The molecule has 3 saturated carbocycles. The Bertz CT molecular complexity index is 1050. The first-order chi connectivity index (χ1) is 16.0. The lowest BCUT2D eigenvalue weighted by Gasteiger charge is -2.58. The Morgan fingerprint density at radius 2 is 1.79 bits per heavy atom. The lowest BCUT2D eigenvalue weighted by molar-refractivity contribution is -0.0792. The molecular weight excluding hydrogens is 454 g/mol. The molecule has 0 aromatic heterocycles. The molecule has 7 atom stereocenters. The predicted molar refractivity (Wildman–Crippen MR) is 129 cm³/mol. The Kier molecular flexibility index (Phi) is 6.03. The predicted octanol–water partition coefficient (Wildman–Crippen LogP) is 6.77. The molecule has 0 heterocycles. The van der Waals surface area contributed by atoms with Crippen molar-refractivity contribution in [2.75, 3.05) is 0 Å². The first kappa shape index (κ1) is 24.4. The van der Waals surface area contributed by atoms with Crippen LogP contribution in [0.3, 0.4) is 0 Å². The molecule has 0 radical (unpaired) electrons. The number of benzene rings is 1. The fraction of sp³-hybridized carbons (Fsp3) is 0.714. The molecule has 3 nitrogen and oxygen atoms in total. The topological polar surface area (TPSA) is 54.4 Å². The van der Waals surface area contributed by atoms with Gasteiger partial charge in [-0.05, 0) is 98.0 Å². The Hall–Kier alpha value is -1.27. The quantitative estimate of drug-likeness (QED) is 0.461. The molecule has 3 fully saturated rings. The molecular formula is C28H38F2O3S. The van der Waals surface area contributed by atoms with E-state index >= 15 is 8.78 Å². The Morgan fingerprint density at radius 3 is 2.53 bits per heavy atom. The summed E-state index contributed by atoms with van der Waals surface area (Å²) in [6, 6.07) is 6.87. The third kappa shape index (κ3) is 3.61. The molecule has 1 aromatic carbocycles. The van der Waals surface area contributed by atoms with Gasteiger partial charge < -0.3 is 5.11 Å². The van der Waals surface area contributed by atoms with Gasteiger partial charge in [-0.3, -0.25) is 0 Å². The Morgan fingerprint density at radius 1 is 1.06 bits per heavy atom. The molecule has 0 aliphatic heterocycles. The second kappa shape index (κ2) is 8.40. The SMILES string of the molecule is C[C@]12CC[C@H]3[C@@H](CC=C4CCCC[C@@]43C)[C@@H]1CC[C@@H]2C(O)CC(F)(F)S(=O)(=O)c1ccccc1. The maximum atomic E-state index is 15.1. The number of hydrogen-bond donors (Lipinski definition) is 1. The second-order valence-electron chi connectivity index (χ2n) is 11.9. The molecule has 1 N–H and O–H groups in total. The first-order valence-corrected chi connectivity index (χ1v) is 14.5. The summed E-state index contributed by atoms with van der Waals surface area (Å²) in [7, 11) is -4.85. The van der Waals surface area contributed by atoms with Crippen LogP contribution in [0.2, 0.25) is 0 Å². The smallest absolute Gasteiger partial charge is 0.352 e. The number of fused-ring (bicyclic) bond motifs is 5. The van der Waals surface area contributed by atoms with Crippen LogP contribution in [0.5, 0.6) is 0 Å². The number of sulfone groups is 1. The zero-order chi connectivity index (χ0) is 24.4. The number of rotatable bonds is 5. The summed E-state index contributed by atoms with van der Waals surface area (Å²) in [6.07, 6.45) is 9.86. The molecule has 0 bridgehead atoms. The highest BCUT2D eigenvalue weighted by molar-refractivity contribution is 7.92. The monoisotopic (exact) mass is 492 g/mol. The van der Waals surface area contributed by atoms with Gasteiger partial charge in [-0.2, -0.15) is 8.78 Å². The van der Waals surface area contributed by atoms with E-state index in [0.717, 1.165) is 25.7 Å². The molecule has 1 aromatic rings. The third-order valence-corrected chi connectivity index (χ3v) is 12.3. The van der Waals surface area contributed by atoms with Gasteiger partial charge in [0.25, 0.3) is 0 Å². The maximum absolute atomic E-state index is 15.1. The van der Waals surface area contributed by atoms with Crippen molar-refractivity contribution in [2.24, 2.45) is 34.5 Å². The molecule has 4 aliphatic rings. The Labute approximate surface area is 202 Å². The molecule has 0 spiro atoms. The molecule has 4 aliphatic carbocycles. The highest BCUT2D eigenvalue weighted by atomic mass is 32.2. The fourth-order valence-corrected chi connectivity index (χ4v) is 9.89. The van der Waals surface area contributed by atoms with Gasteiger partial charge >= 0.3 is 5.25 Å². The van der Waals surface area contributed by atoms with Gasteiger partial charge in [0.15, 0.2) is 0 Å². The van der Waals surface area contributed by atoms with Crippen molar-refractivity contribution in [3.63, 3.8) is 0 Å². The number of allylic oxidation sites excluding steroid dienone is 2. The summed E-state index contributed by atoms with van der Waals surface area (Å²) in [5, 5.41) is 7.07. The zero-order valence-corrected chi connectivity index (χ0v) is 21.2. The largest absolute Gasteiger partial charge is 0.393 e. The van der Waals surface area contributed by atoms with Crippen LogP contribution in [0.1, 0.15) is 78.1 Å². The van der Waals surface area contributed by atoms with E-state index in [2.05, 4.69) is 19.9 Å². The number of aliphatic hydroxyl groups is 1. The second-order valence-corrected chi connectivity index (χ2v) is 14.0. The van der Waals surface area contributed by atoms with Crippen LogP contribution in [0.25, 0.3) is 0 Å². The van der Waals surface area contributed by atoms with E-state index in [9.17, 15) is 13.5 Å². The zero-order valence-electron chi connectivity index (χ0n) is 20.3. The lowest BCUT2D eigenvalue weighted by Crippen LogP contribution is -2.51.